The first-order valence-corrected chi connectivity index (χ1v) is 5.66. The van der Waals surface area contributed by atoms with E-state index >= 15 is 0 Å². The summed E-state index contributed by atoms with van der Waals surface area (Å²) in [7, 11) is 0. The van der Waals surface area contributed by atoms with Crippen molar-refractivity contribution in [2.75, 3.05) is 0 Å². The number of hydrogen-bond donors (Lipinski definition) is 2. The van der Waals surface area contributed by atoms with E-state index in [9.17, 15) is 4.79 Å². The molecule has 1 aliphatic rings. The molecule has 1 amide bonds. The van der Waals surface area contributed by atoms with Crippen LogP contribution in [0.5, 0.6) is 0 Å². The van der Waals surface area contributed by atoms with Crippen LogP contribution in [0.25, 0.3) is 0 Å². The fraction of sp³-hybridized carbons (Fsp3) is 0.909. The summed E-state index contributed by atoms with van der Waals surface area (Å²) in [6.45, 7) is 4.00. The van der Waals surface area contributed by atoms with Crippen molar-refractivity contribution in [3.63, 3.8) is 0 Å². The number of hydrogen-bond acceptors (Lipinski definition) is 2. The van der Waals surface area contributed by atoms with Crippen molar-refractivity contribution in [1.82, 2.24) is 5.32 Å². The van der Waals surface area contributed by atoms with Crippen LogP contribution in [0.3, 0.4) is 0 Å². The standard InChI is InChI=1S/C11H22N2O/c1-8(13-9(2)11(12)14)10-6-4-3-5-7-10/h8-10,13H,3-7H2,1-2H3,(H2,12,14). The number of nitrogens with one attached hydrogen (secondary N) is 1. The number of amides is 1. The van der Waals surface area contributed by atoms with E-state index in [1.54, 1.807) is 0 Å². The number of nitrogens with two attached hydrogens (primary N) is 1. The Morgan fingerprint density at radius 2 is 1.86 bits per heavy atom. The minimum atomic E-state index is -0.257. The molecule has 0 heterocycles. The summed E-state index contributed by atoms with van der Waals surface area (Å²) in [6, 6.07) is 0.213. The Bertz CT molecular complexity index is 188. The molecule has 0 radical (unpaired) electrons. The van der Waals surface area contributed by atoms with Gasteiger partial charge in [-0.05, 0) is 32.6 Å². The summed E-state index contributed by atoms with van der Waals surface area (Å²) < 4.78 is 0. The molecule has 3 nitrogen and oxygen atoms in total. The van der Waals surface area contributed by atoms with Crippen molar-refractivity contribution in [1.29, 1.82) is 0 Å². The average molecular weight is 198 g/mol. The van der Waals surface area contributed by atoms with Crippen LogP contribution in [0.4, 0.5) is 0 Å². The Morgan fingerprint density at radius 1 is 1.29 bits per heavy atom. The first kappa shape index (κ1) is 11.5. The van der Waals surface area contributed by atoms with Gasteiger partial charge in [0.05, 0.1) is 6.04 Å². The third-order valence-corrected chi connectivity index (χ3v) is 3.30. The quantitative estimate of drug-likeness (QED) is 0.717. The monoisotopic (exact) mass is 198 g/mol. The number of primary amides is 1. The lowest BCUT2D eigenvalue weighted by atomic mass is 9.84. The van der Waals surface area contributed by atoms with Gasteiger partial charge in [0.25, 0.3) is 0 Å². The minimum Gasteiger partial charge on any atom is -0.368 e. The topological polar surface area (TPSA) is 55.1 Å². The third kappa shape index (κ3) is 3.29. The highest BCUT2D eigenvalue weighted by molar-refractivity contribution is 5.79. The van der Waals surface area contributed by atoms with Crippen LogP contribution in [0, 0.1) is 5.92 Å². The zero-order chi connectivity index (χ0) is 10.6. The first-order chi connectivity index (χ1) is 6.61. The molecule has 2 unspecified atom stereocenters. The van der Waals surface area contributed by atoms with E-state index in [2.05, 4.69) is 12.2 Å². The Labute approximate surface area is 86.4 Å². The molecule has 1 rings (SSSR count). The van der Waals surface area contributed by atoms with E-state index in [1.807, 2.05) is 6.92 Å². The normalized spacial score (nSPS) is 23.0. The van der Waals surface area contributed by atoms with Gasteiger partial charge in [-0.1, -0.05) is 19.3 Å². The molecule has 1 fully saturated rings. The second kappa shape index (κ2) is 5.35. The molecule has 2 atom stereocenters. The maximum absolute atomic E-state index is 10.9. The maximum atomic E-state index is 10.9. The van der Waals surface area contributed by atoms with Gasteiger partial charge in [-0.15, -0.1) is 0 Å². The van der Waals surface area contributed by atoms with Crippen molar-refractivity contribution in [2.24, 2.45) is 11.7 Å². The second-order valence-corrected chi connectivity index (χ2v) is 4.48. The summed E-state index contributed by atoms with van der Waals surface area (Å²) in [4.78, 5) is 10.9. The van der Waals surface area contributed by atoms with Gasteiger partial charge in [0.15, 0.2) is 0 Å². The van der Waals surface area contributed by atoms with Crippen molar-refractivity contribution in [3.05, 3.63) is 0 Å². The van der Waals surface area contributed by atoms with Gasteiger partial charge in [-0.25, -0.2) is 0 Å². The minimum absolute atomic E-state index is 0.202. The summed E-state index contributed by atoms with van der Waals surface area (Å²) in [6.07, 6.45) is 6.62. The molecular formula is C11H22N2O. The molecule has 0 bridgehead atoms. The molecule has 82 valence electrons. The van der Waals surface area contributed by atoms with Gasteiger partial charge in [0.1, 0.15) is 0 Å². The summed E-state index contributed by atoms with van der Waals surface area (Å²) in [5.74, 6) is 0.471. The molecule has 1 aliphatic carbocycles. The molecule has 0 aromatic carbocycles. The van der Waals surface area contributed by atoms with Crippen molar-refractivity contribution in [2.45, 2.75) is 58.0 Å². The summed E-state index contributed by atoms with van der Waals surface area (Å²) in [5.41, 5.74) is 5.21. The highest BCUT2D eigenvalue weighted by Gasteiger charge is 2.22. The Hall–Kier alpha value is -0.570. The zero-order valence-electron chi connectivity index (χ0n) is 9.25. The fourth-order valence-electron chi connectivity index (χ4n) is 2.25. The molecule has 0 aliphatic heterocycles. The molecular weight excluding hydrogens is 176 g/mol. The maximum Gasteiger partial charge on any atom is 0.234 e. The van der Waals surface area contributed by atoms with Crippen LogP contribution in [0.2, 0.25) is 0 Å². The van der Waals surface area contributed by atoms with E-state index in [-0.39, 0.29) is 11.9 Å². The van der Waals surface area contributed by atoms with Crippen LogP contribution in [0.1, 0.15) is 46.0 Å². The zero-order valence-corrected chi connectivity index (χ0v) is 9.25. The SMILES string of the molecule is CC(NC(C)C1CCCCC1)C(N)=O. The van der Waals surface area contributed by atoms with Crippen molar-refractivity contribution in [3.8, 4) is 0 Å². The molecule has 0 spiro atoms. The van der Waals surface area contributed by atoms with Crippen LogP contribution < -0.4 is 11.1 Å². The van der Waals surface area contributed by atoms with Crippen molar-refractivity contribution < 1.29 is 4.79 Å². The lowest BCUT2D eigenvalue weighted by Gasteiger charge is -2.29. The molecule has 14 heavy (non-hydrogen) atoms. The average Bonchev–Trinajstić information content (AvgIpc) is 2.19. The number of carbonyl (C=O) groups excluding carboxylic acids is 1. The lowest BCUT2D eigenvalue weighted by Crippen LogP contribution is -2.46. The van der Waals surface area contributed by atoms with Crippen LogP contribution in [0.15, 0.2) is 0 Å². The number of carbonyl (C=O) groups is 1. The molecule has 0 aromatic rings. The molecule has 0 aromatic heterocycles. The van der Waals surface area contributed by atoms with Crippen LogP contribution in [-0.2, 0) is 4.79 Å². The van der Waals surface area contributed by atoms with Crippen molar-refractivity contribution >= 4 is 5.91 Å². The van der Waals surface area contributed by atoms with E-state index in [4.69, 9.17) is 5.73 Å². The predicted octanol–water partition coefficient (Wildman–Crippen LogP) is 1.42. The molecule has 3 N–H and O–H groups in total. The summed E-state index contributed by atoms with van der Waals surface area (Å²) >= 11 is 0. The lowest BCUT2D eigenvalue weighted by molar-refractivity contribution is -0.119. The highest BCUT2D eigenvalue weighted by Crippen LogP contribution is 2.26. The Balaban J connectivity index is 2.32. The van der Waals surface area contributed by atoms with E-state index in [1.165, 1.54) is 32.1 Å². The largest absolute Gasteiger partial charge is 0.368 e. The molecule has 3 heteroatoms. The van der Waals surface area contributed by atoms with E-state index in [0.29, 0.717) is 6.04 Å². The van der Waals surface area contributed by atoms with Gasteiger partial charge in [-0.2, -0.15) is 0 Å². The molecule has 1 saturated carbocycles. The molecule has 0 saturated heterocycles. The number of rotatable bonds is 4. The predicted molar refractivity (Wildman–Crippen MR) is 57.8 cm³/mol. The van der Waals surface area contributed by atoms with Gasteiger partial charge in [0, 0.05) is 6.04 Å². The van der Waals surface area contributed by atoms with E-state index in [0.717, 1.165) is 5.92 Å². The Morgan fingerprint density at radius 3 is 2.36 bits per heavy atom. The van der Waals surface area contributed by atoms with Gasteiger partial charge >= 0.3 is 0 Å². The highest BCUT2D eigenvalue weighted by atomic mass is 16.1. The van der Waals surface area contributed by atoms with Gasteiger partial charge in [-0.3, -0.25) is 4.79 Å². The smallest absolute Gasteiger partial charge is 0.234 e. The van der Waals surface area contributed by atoms with Crippen LogP contribution >= 0.6 is 0 Å². The first-order valence-electron chi connectivity index (χ1n) is 5.66. The third-order valence-electron chi connectivity index (χ3n) is 3.30. The van der Waals surface area contributed by atoms with E-state index < -0.39 is 0 Å². The Kier molecular flexibility index (Phi) is 4.39. The second-order valence-electron chi connectivity index (χ2n) is 4.48. The summed E-state index contributed by atoms with van der Waals surface area (Å²) in [5, 5.41) is 3.27. The van der Waals surface area contributed by atoms with Gasteiger partial charge in [0.2, 0.25) is 5.91 Å². The van der Waals surface area contributed by atoms with Gasteiger partial charge < -0.3 is 11.1 Å². The van der Waals surface area contributed by atoms with Crippen LogP contribution in [-0.4, -0.2) is 18.0 Å². The fourth-order valence-corrected chi connectivity index (χ4v) is 2.25.